The minimum absolute atomic E-state index is 0.0723. The van der Waals surface area contributed by atoms with E-state index < -0.39 is 0 Å². The molecule has 0 spiro atoms. The van der Waals surface area contributed by atoms with E-state index in [9.17, 15) is 4.79 Å². The van der Waals surface area contributed by atoms with Crippen molar-refractivity contribution in [2.24, 2.45) is 5.92 Å². The van der Waals surface area contributed by atoms with Crippen LogP contribution in [-0.4, -0.2) is 42.6 Å². The zero-order valence-corrected chi connectivity index (χ0v) is 14.4. The second kappa shape index (κ2) is 7.24. The van der Waals surface area contributed by atoms with Gasteiger partial charge in [0.15, 0.2) is 0 Å². The van der Waals surface area contributed by atoms with Gasteiger partial charge in [-0.05, 0) is 56.5 Å². The first-order chi connectivity index (χ1) is 11.8. The van der Waals surface area contributed by atoms with E-state index in [-0.39, 0.29) is 5.91 Å². The Morgan fingerprint density at radius 3 is 2.83 bits per heavy atom. The summed E-state index contributed by atoms with van der Waals surface area (Å²) in [5.41, 5.74) is 2.05. The van der Waals surface area contributed by atoms with Gasteiger partial charge in [-0.25, -0.2) is 0 Å². The Kier molecular flexibility index (Phi) is 4.86. The molecule has 0 aromatic heterocycles. The smallest absolute Gasteiger partial charge is 0.251 e. The summed E-state index contributed by atoms with van der Waals surface area (Å²) >= 11 is 0. The van der Waals surface area contributed by atoms with Gasteiger partial charge in [0.1, 0.15) is 0 Å². The van der Waals surface area contributed by atoms with Crippen molar-refractivity contribution in [2.75, 3.05) is 19.7 Å². The van der Waals surface area contributed by atoms with Crippen molar-refractivity contribution in [3.8, 4) is 0 Å². The largest absolute Gasteiger partial charge is 0.378 e. The maximum absolute atomic E-state index is 12.6. The maximum atomic E-state index is 12.6. The Labute approximate surface area is 144 Å². The van der Waals surface area contributed by atoms with E-state index >= 15 is 0 Å². The Hall–Kier alpha value is -1.39. The van der Waals surface area contributed by atoms with Crippen LogP contribution >= 0.6 is 0 Å². The second-order valence-electron chi connectivity index (χ2n) is 7.57. The zero-order valence-electron chi connectivity index (χ0n) is 14.4. The summed E-state index contributed by atoms with van der Waals surface area (Å²) in [5.74, 6) is 0.609. The molecule has 1 aromatic rings. The van der Waals surface area contributed by atoms with Crippen LogP contribution in [0.25, 0.3) is 0 Å². The van der Waals surface area contributed by atoms with Crippen molar-refractivity contribution in [2.45, 2.75) is 57.2 Å². The van der Waals surface area contributed by atoms with Crippen molar-refractivity contribution < 1.29 is 9.53 Å². The summed E-state index contributed by atoms with van der Waals surface area (Å²) in [6, 6.07) is 8.47. The molecule has 1 N–H and O–H groups in total. The number of hydrogen-bond donors (Lipinski definition) is 1. The van der Waals surface area contributed by atoms with E-state index in [1.54, 1.807) is 0 Å². The number of benzene rings is 1. The molecule has 1 saturated carbocycles. The highest BCUT2D eigenvalue weighted by Crippen LogP contribution is 2.38. The predicted molar refractivity (Wildman–Crippen MR) is 93.9 cm³/mol. The quantitative estimate of drug-likeness (QED) is 0.924. The van der Waals surface area contributed by atoms with Gasteiger partial charge in [-0.15, -0.1) is 0 Å². The van der Waals surface area contributed by atoms with Gasteiger partial charge in [0.2, 0.25) is 0 Å². The van der Waals surface area contributed by atoms with E-state index in [1.807, 2.05) is 12.1 Å². The van der Waals surface area contributed by atoms with Crippen molar-refractivity contribution in [3.05, 3.63) is 35.4 Å². The van der Waals surface area contributed by atoms with E-state index in [4.69, 9.17) is 4.74 Å². The lowest BCUT2D eigenvalue weighted by Gasteiger charge is -2.39. The number of amides is 1. The summed E-state index contributed by atoms with van der Waals surface area (Å²) in [6.45, 7) is 4.18. The normalized spacial score (nSPS) is 30.2. The number of hydrogen-bond acceptors (Lipinski definition) is 3. The highest BCUT2D eigenvalue weighted by Gasteiger charge is 2.45. The van der Waals surface area contributed by atoms with Crippen LogP contribution in [0.4, 0.5) is 0 Å². The fraction of sp³-hybridized carbons (Fsp3) is 0.650. The molecule has 2 saturated heterocycles. The van der Waals surface area contributed by atoms with Gasteiger partial charge in [0, 0.05) is 30.7 Å². The van der Waals surface area contributed by atoms with Gasteiger partial charge < -0.3 is 10.1 Å². The lowest BCUT2D eigenvalue weighted by Crippen LogP contribution is -2.53. The van der Waals surface area contributed by atoms with Crippen LogP contribution in [0.5, 0.6) is 0 Å². The average Bonchev–Trinajstić information content (AvgIpc) is 2.79. The molecule has 1 amide bonds. The number of ether oxygens (including phenoxy) is 1. The van der Waals surface area contributed by atoms with Crippen molar-refractivity contribution in [1.29, 1.82) is 0 Å². The number of rotatable bonds is 4. The zero-order chi connectivity index (χ0) is 16.4. The van der Waals surface area contributed by atoms with Crippen molar-refractivity contribution in [3.63, 3.8) is 0 Å². The molecule has 2 aliphatic heterocycles. The molecule has 24 heavy (non-hydrogen) atoms. The maximum Gasteiger partial charge on any atom is 0.251 e. The highest BCUT2D eigenvalue weighted by atomic mass is 16.5. The summed E-state index contributed by atoms with van der Waals surface area (Å²) in [6.07, 6.45) is 7.76. The monoisotopic (exact) mass is 328 g/mol. The topological polar surface area (TPSA) is 41.6 Å². The number of nitrogens with zero attached hydrogens (tertiary/aromatic N) is 1. The Bertz CT molecular complexity index is 581. The van der Waals surface area contributed by atoms with Crippen LogP contribution in [0.15, 0.2) is 24.3 Å². The van der Waals surface area contributed by atoms with Crippen LogP contribution in [0, 0.1) is 5.92 Å². The van der Waals surface area contributed by atoms with Crippen LogP contribution in [0.2, 0.25) is 0 Å². The molecular formula is C20H28N2O2. The third-order valence-corrected chi connectivity index (χ3v) is 5.87. The summed E-state index contributed by atoms with van der Waals surface area (Å²) in [5, 5.41) is 3.21. The molecule has 130 valence electrons. The number of likely N-dealkylation sites (tertiary alicyclic amines) is 1. The lowest BCUT2D eigenvalue weighted by atomic mass is 9.76. The molecule has 2 heterocycles. The number of carbonyl (C=O) groups excluding carboxylic acids is 1. The molecule has 3 atom stereocenters. The second-order valence-corrected chi connectivity index (χ2v) is 7.57. The number of carbonyl (C=O) groups is 1. The van der Waals surface area contributed by atoms with Crippen molar-refractivity contribution >= 4 is 5.91 Å². The van der Waals surface area contributed by atoms with Crippen molar-refractivity contribution in [1.82, 2.24) is 10.2 Å². The summed E-state index contributed by atoms with van der Waals surface area (Å²) < 4.78 is 5.63. The molecular weight excluding hydrogens is 300 g/mol. The fourth-order valence-corrected chi connectivity index (χ4v) is 4.38. The van der Waals surface area contributed by atoms with Crippen LogP contribution in [-0.2, 0) is 11.3 Å². The lowest BCUT2D eigenvalue weighted by molar-refractivity contribution is 0.00809. The van der Waals surface area contributed by atoms with Gasteiger partial charge >= 0.3 is 0 Å². The average molecular weight is 328 g/mol. The fourth-order valence-electron chi connectivity index (χ4n) is 4.38. The summed E-state index contributed by atoms with van der Waals surface area (Å²) in [7, 11) is 0. The van der Waals surface area contributed by atoms with E-state index in [1.165, 1.54) is 44.3 Å². The van der Waals surface area contributed by atoms with Crippen LogP contribution in [0.3, 0.4) is 0 Å². The van der Waals surface area contributed by atoms with Gasteiger partial charge in [-0.3, -0.25) is 9.69 Å². The first-order valence-electron chi connectivity index (χ1n) is 9.53. The first-order valence-corrected chi connectivity index (χ1v) is 9.53. The third-order valence-electron chi connectivity index (χ3n) is 5.87. The van der Waals surface area contributed by atoms with E-state index in [0.717, 1.165) is 31.6 Å². The molecule has 1 aliphatic carbocycles. The van der Waals surface area contributed by atoms with E-state index in [0.29, 0.717) is 18.1 Å². The standard InChI is InChI=1S/C20H28N2O2/c23-20(21-18-13-19-17(18)8-11-24-19)16-7-5-6-15(12-16)14-22-9-3-1-2-4-10-22/h5-7,12,17-19H,1-4,8-11,13-14H2,(H,21,23)/t17-,18-,19+/m1/s1. The Balaban J connectivity index is 1.35. The summed E-state index contributed by atoms with van der Waals surface area (Å²) in [4.78, 5) is 15.1. The SMILES string of the molecule is O=C(N[C@@H]1C[C@@H]2OCC[C@@H]21)c1cccc(CN2CCCCCC2)c1. The third kappa shape index (κ3) is 3.50. The van der Waals surface area contributed by atoms with Crippen LogP contribution in [0.1, 0.15) is 54.4 Å². The van der Waals surface area contributed by atoms with Gasteiger partial charge in [-0.1, -0.05) is 25.0 Å². The van der Waals surface area contributed by atoms with E-state index in [2.05, 4.69) is 22.3 Å². The predicted octanol–water partition coefficient (Wildman–Crippen LogP) is 2.97. The number of fused-ring (bicyclic) bond motifs is 1. The minimum atomic E-state index is 0.0723. The first kappa shape index (κ1) is 16.1. The van der Waals surface area contributed by atoms with Gasteiger partial charge in [0.25, 0.3) is 5.91 Å². The molecule has 4 heteroatoms. The molecule has 3 aliphatic rings. The molecule has 4 rings (SSSR count). The molecule has 0 radical (unpaired) electrons. The number of nitrogens with one attached hydrogen (secondary N) is 1. The highest BCUT2D eigenvalue weighted by molar-refractivity contribution is 5.94. The molecule has 3 fully saturated rings. The van der Waals surface area contributed by atoms with Crippen LogP contribution < -0.4 is 5.32 Å². The molecule has 1 aromatic carbocycles. The molecule has 0 unspecified atom stereocenters. The Morgan fingerprint density at radius 1 is 1.21 bits per heavy atom. The Morgan fingerprint density at radius 2 is 2.04 bits per heavy atom. The van der Waals surface area contributed by atoms with Gasteiger partial charge in [0.05, 0.1) is 6.10 Å². The van der Waals surface area contributed by atoms with Gasteiger partial charge in [-0.2, -0.15) is 0 Å². The molecule has 4 nitrogen and oxygen atoms in total. The molecule has 0 bridgehead atoms. The minimum Gasteiger partial charge on any atom is -0.378 e.